The maximum absolute atomic E-state index is 11.6. The molecule has 0 spiro atoms. The minimum Gasteiger partial charge on any atom is -0.325 e. The van der Waals surface area contributed by atoms with Gasteiger partial charge in [0.15, 0.2) is 0 Å². The van der Waals surface area contributed by atoms with Crippen molar-refractivity contribution in [2.45, 2.75) is 13.3 Å². The van der Waals surface area contributed by atoms with Gasteiger partial charge in [0.1, 0.15) is 5.82 Å². The van der Waals surface area contributed by atoms with Crippen LogP contribution in [0.2, 0.25) is 0 Å². The van der Waals surface area contributed by atoms with Gasteiger partial charge in [-0.3, -0.25) is 9.59 Å². The SMILES string of the molecule is CCc1cc(=O)[nH]c(-c2cccc(NC(=O)CNC)c2)n1. The van der Waals surface area contributed by atoms with Crippen LogP contribution in [0.15, 0.2) is 35.1 Å². The van der Waals surface area contributed by atoms with Gasteiger partial charge in [-0.1, -0.05) is 19.1 Å². The molecule has 1 amide bonds. The number of carbonyl (C=O) groups is 1. The smallest absolute Gasteiger partial charge is 0.251 e. The molecule has 0 radical (unpaired) electrons. The molecule has 2 rings (SSSR count). The third-order valence-corrected chi connectivity index (χ3v) is 2.91. The van der Waals surface area contributed by atoms with Crippen molar-refractivity contribution in [2.75, 3.05) is 18.9 Å². The summed E-state index contributed by atoms with van der Waals surface area (Å²) >= 11 is 0. The third kappa shape index (κ3) is 4.00. The van der Waals surface area contributed by atoms with Gasteiger partial charge in [-0.05, 0) is 25.6 Å². The molecule has 1 aromatic carbocycles. The molecule has 0 aliphatic heterocycles. The van der Waals surface area contributed by atoms with Crippen LogP contribution in [0.25, 0.3) is 11.4 Å². The molecule has 3 N–H and O–H groups in total. The van der Waals surface area contributed by atoms with Gasteiger partial charge in [-0.15, -0.1) is 0 Å². The molecule has 0 aliphatic rings. The van der Waals surface area contributed by atoms with Gasteiger partial charge < -0.3 is 15.6 Å². The lowest BCUT2D eigenvalue weighted by atomic mass is 10.1. The van der Waals surface area contributed by atoms with Crippen molar-refractivity contribution in [2.24, 2.45) is 0 Å². The molecule has 110 valence electrons. The second kappa shape index (κ2) is 6.81. The van der Waals surface area contributed by atoms with E-state index < -0.39 is 0 Å². The first-order valence-corrected chi connectivity index (χ1v) is 6.77. The van der Waals surface area contributed by atoms with Crippen molar-refractivity contribution >= 4 is 11.6 Å². The Morgan fingerprint density at radius 3 is 2.86 bits per heavy atom. The zero-order valence-electron chi connectivity index (χ0n) is 12.1. The third-order valence-electron chi connectivity index (χ3n) is 2.91. The number of likely N-dealkylation sites (N-methyl/N-ethyl adjacent to an activating group) is 1. The predicted molar refractivity (Wildman–Crippen MR) is 82.2 cm³/mol. The maximum atomic E-state index is 11.6. The zero-order chi connectivity index (χ0) is 15.2. The number of aromatic nitrogens is 2. The second-order valence-electron chi connectivity index (χ2n) is 4.60. The lowest BCUT2D eigenvalue weighted by molar-refractivity contribution is -0.115. The summed E-state index contributed by atoms with van der Waals surface area (Å²) in [7, 11) is 1.71. The molecule has 0 fully saturated rings. The number of hydrogen-bond acceptors (Lipinski definition) is 4. The van der Waals surface area contributed by atoms with Crippen LogP contribution in [-0.2, 0) is 11.2 Å². The van der Waals surface area contributed by atoms with Gasteiger partial charge in [0.25, 0.3) is 5.56 Å². The van der Waals surface area contributed by atoms with Crippen molar-refractivity contribution in [3.63, 3.8) is 0 Å². The maximum Gasteiger partial charge on any atom is 0.251 e. The van der Waals surface area contributed by atoms with Crippen LogP contribution in [0.1, 0.15) is 12.6 Å². The molecule has 0 saturated heterocycles. The topological polar surface area (TPSA) is 86.9 Å². The van der Waals surface area contributed by atoms with Crippen molar-refractivity contribution < 1.29 is 4.79 Å². The van der Waals surface area contributed by atoms with E-state index in [1.165, 1.54) is 6.07 Å². The quantitative estimate of drug-likeness (QED) is 0.769. The molecule has 1 heterocycles. The molecular weight excluding hydrogens is 268 g/mol. The highest BCUT2D eigenvalue weighted by Crippen LogP contribution is 2.18. The Morgan fingerprint density at radius 1 is 1.33 bits per heavy atom. The Bertz CT molecular complexity index is 694. The van der Waals surface area contributed by atoms with E-state index in [1.54, 1.807) is 19.2 Å². The molecule has 0 saturated carbocycles. The minimum atomic E-state index is -0.179. The highest BCUT2D eigenvalue weighted by atomic mass is 16.2. The first-order chi connectivity index (χ1) is 10.1. The van der Waals surface area contributed by atoms with Crippen LogP contribution >= 0.6 is 0 Å². The number of benzene rings is 1. The molecule has 0 aliphatic carbocycles. The van der Waals surface area contributed by atoms with Crippen molar-refractivity contribution in [1.29, 1.82) is 0 Å². The Hall–Kier alpha value is -2.47. The number of aryl methyl sites for hydroxylation is 1. The molecule has 2 aromatic rings. The van der Waals surface area contributed by atoms with Crippen LogP contribution in [-0.4, -0.2) is 29.5 Å². The zero-order valence-corrected chi connectivity index (χ0v) is 12.1. The second-order valence-corrected chi connectivity index (χ2v) is 4.60. The van der Waals surface area contributed by atoms with Gasteiger partial charge in [-0.25, -0.2) is 4.98 Å². The first kappa shape index (κ1) is 14.9. The summed E-state index contributed by atoms with van der Waals surface area (Å²) in [5.41, 5.74) is 1.97. The van der Waals surface area contributed by atoms with Crippen molar-refractivity contribution in [3.8, 4) is 11.4 Å². The lowest BCUT2D eigenvalue weighted by Crippen LogP contribution is -2.25. The van der Waals surface area contributed by atoms with Gasteiger partial charge in [0.05, 0.1) is 6.54 Å². The summed E-state index contributed by atoms with van der Waals surface area (Å²) < 4.78 is 0. The predicted octanol–water partition coefficient (Wildman–Crippen LogP) is 1.16. The van der Waals surface area contributed by atoms with E-state index >= 15 is 0 Å². The lowest BCUT2D eigenvalue weighted by Gasteiger charge is -2.07. The van der Waals surface area contributed by atoms with Crippen LogP contribution in [0, 0.1) is 0 Å². The Morgan fingerprint density at radius 2 is 2.14 bits per heavy atom. The summed E-state index contributed by atoms with van der Waals surface area (Å²) in [6.07, 6.45) is 0.690. The van der Waals surface area contributed by atoms with E-state index in [0.29, 0.717) is 17.9 Å². The molecule has 1 aromatic heterocycles. The number of amides is 1. The Kier molecular flexibility index (Phi) is 4.84. The van der Waals surface area contributed by atoms with E-state index in [1.807, 2.05) is 19.1 Å². The van der Waals surface area contributed by atoms with Gasteiger partial charge in [0, 0.05) is 23.0 Å². The van der Waals surface area contributed by atoms with E-state index in [2.05, 4.69) is 20.6 Å². The molecule has 0 bridgehead atoms. The number of nitrogens with zero attached hydrogens (tertiary/aromatic N) is 1. The summed E-state index contributed by atoms with van der Waals surface area (Å²) in [5.74, 6) is 0.377. The van der Waals surface area contributed by atoms with Crippen LogP contribution in [0.3, 0.4) is 0 Å². The van der Waals surface area contributed by atoms with E-state index in [-0.39, 0.29) is 18.0 Å². The van der Waals surface area contributed by atoms with Crippen LogP contribution in [0.4, 0.5) is 5.69 Å². The first-order valence-electron chi connectivity index (χ1n) is 6.77. The highest BCUT2D eigenvalue weighted by Gasteiger charge is 2.06. The normalized spacial score (nSPS) is 10.4. The van der Waals surface area contributed by atoms with Gasteiger partial charge in [-0.2, -0.15) is 0 Å². The molecular formula is C15H18N4O2. The number of hydrogen-bond donors (Lipinski definition) is 3. The van der Waals surface area contributed by atoms with Crippen LogP contribution in [0.5, 0.6) is 0 Å². The fraction of sp³-hybridized carbons (Fsp3) is 0.267. The molecule has 0 atom stereocenters. The van der Waals surface area contributed by atoms with Crippen LogP contribution < -0.4 is 16.2 Å². The van der Waals surface area contributed by atoms with E-state index in [4.69, 9.17) is 0 Å². The standard InChI is InChI=1S/C15H18N4O2/c1-3-11-8-13(20)19-15(18-11)10-5-4-6-12(7-10)17-14(21)9-16-2/h4-8,16H,3,9H2,1-2H3,(H,17,21)(H,18,19,20). The van der Waals surface area contributed by atoms with Gasteiger partial charge in [0.2, 0.25) is 5.91 Å². The van der Waals surface area contributed by atoms with E-state index in [9.17, 15) is 9.59 Å². The molecule has 0 unspecified atom stereocenters. The molecule has 6 nitrogen and oxygen atoms in total. The van der Waals surface area contributed by atoms with Gasteiger partial charge >= 0.3 is 0 Å². The molecule has 6 heteroatoms. The average Bonchev–Trinajstić information content (AvgIpc) is 2.47. The summed E-state index contributed by atoms with van der Waals surface area (Å²) in [6.45, 7) is 2.19. The number of H-pyrrole nitrogens is 1. The minimum absolute atomic E-state index is 0.126. The monoisotopic (exact) mass is 286 g/mol. The summed E-state index contributed by atoms with van der Waals surface area (Å²) in [6, 6.07) is 8.71. The summed E-state index contributed by atoms with van der Waals surface area (Å²) in [5, 5.41) is 5.56. The highest BCUT2D eigenvalue weighted by molar-refractivity contribution is 5.92. The number of carbonyl (C=O) groups excluding carboxylic acids is 1. The summed E-state index contributed by atoms with van der Waals surface area (Å²) in [4.78, 5) is 30.3. The average molecular weight is 286 g/mol. The Labute approximate surface area is 122 Å². The fourth-order valence-corrected chi connectivity index (χ4v) is 1.94. The van der Waals surface area contributed by atoms with E-state index in [0.717, 1.165) is 11.3 Å². The number of aromatic amines is 1. The number of rotatable bonds is 5. The number of anilines is 1. The van der Waals surface area contributed by atoms with Crippen molar-refractivity contribution in [3.05, 3.63) is 46.4 Å². The molecule has 21 heavy (non-hydrogen) atoms. The van der Waals surface area contributed by atoms with Crippen molar-refractivity contribution in [1.82, 2.24) is 15.3 Å². The largest absolute Gasteiger partial charge is 0.325 e. The Balaban J connectivity index is 2.30. The fourth-order valence-electron chi connectivity index (χ4n) is 1.94. The number of nitrogens with one attached hydrogen (secondary N) is 3.